The predicted octanol–water partition coefficient (Wildman–Crippen LogP) is 1.02. The second kappa shape index (κ2) is 7.79. The second-order valence-corrected chi connectivity index (χ2v) is 5.66. The minimum Gasteiger partial charge on any atom is -0.394 e. The van der Waals surface area contributed by atoms with Crippen molar-refractivity contribution < 1.29 is 9.84 Å². The first-order chi connectivity index (χ1) is 9.29. The number of nitrogens with zero attached hydrogens (tertiary/aromatic N) is 2. The maximum Gasteiger partial charge on any atom is 0.185 e. The van der Waals surface area contributed by atoms with Crippen LogP contribution in [0.1, 0.15) is 18.5 Å². The van der Waals surface area contributed by atoms with E-state index in [0.29, 0.717) is 19.3 Å². The number of aliphatic hydroxyl groups is 1. The smallest absolute Gasteiger partial charge is 0.185 e. The molecule has 19 heavy (non-hydrogen) atoms. The molecule has 1 aliphatic rings. The van der Waals surface area contributed by atoms with Gasteiger partial charge in [-0.25, -0.2) is 4.98 Å². The number of aromatic nitrogens is 1. The normalized spacial score (nSPS) is 17.1. The third kappa shape index (κ3) is 4.72. The standard InChI is InChI=1S/C13H23N3O2S/c1-11-10-19-13(15-11)16-5-2-12(3-6-16)14-4-8-18-9-7-17/h10,12,14,17H,2-9H2,1H3. The Kier molecular flexibility index (Phi) is 6.03. The van der Waals surface area contributed by atoms with Gasteiger partial charge in [-0.15, -0.1) is 11.3 Å². The zero-order valence-corrected chi connectivity index (χ0v) is 12.3. The largest absolute Gasteiger partial charge is 0.394 e. The summed E-state index contributed by atoms with van der Waals surface area (Å²) in [5.41, 5.74) is 1.11. The number of rotatable bonds is 7. The van der Waals surface area contributed by atoms with Gasteiger partial charge in [0.1, 0.15) is 0 Å². The summed E-state index contributed by atoms with van der Waals surface area (Å²) in [4.78, 5) is 6.91. The van der Waals surface area contributed by atoms with E-state index in [9.17, 15) is 0 Å². The van der Waals surface area contributed by atoms with Gasteiger partial charge in [-0.1, -0.05) is 0 Å². The number of ether oxygens (including phenoxy) is 1. The lowest BCUT2D eigenvalue weighted by Gasteiger charge is -2.32. The molecular weight excluding hydrogens is 262 g/mol. The van der Waals surface area contributed by atoms with Crippen molar-refractivity contribution in [1.29, 1.82) is 0 Å². The fourth-order valence-corrected chi connectivity index (χ4v) is 3.12. The molecule has 1 fully saturated rings. The van der Waals surface area contributed by atoms with Crippen LogP contribution in [0, 0.1) is 6.92 Å². The van der Waals surface area contributed by atoms with E-state index >= 15 is 0 Å². The number of piperidine rings is 1. The van der Waals surface area contributed by atoms with E-state index in [0.717, 1.165) is 43.3 Å². The number of aliphatic hydroxyl groups excluding tert-OH is 1. The molecule has 5 nitrogen and oxygen atoms in total. The molecule has 0 amide bonds. The lowest BCUT2D eigenvalue weighted by molar-refractivity contribution is 0.0921. The van der Waals surface area contributed by atoms with Crippen molar-refractivity contribution in [3.63, 3.8) is 0 Å². The molecule has 0 spiro atoms. The van der Waals surface area contributed by atoms with E-state index < -0.39 is 0 Å². The zero-order chi connectivity index (χ0) is 13.5. The highest BCUT2D eigenvalue weighted by molar-refractivity contribution is 7.13. The van der Waals surface area contributed by atoms with Crippen LogP contribution in [0.2, 0.25) is 0 Å². The highest BCUT2D eigenvalue weighted by Crippen LogP contribution is 2.23. The first-order valence-corrected chi connectivity index (χ1v) is 7.76. The molecule has 0 unspecified atom stereocenters. The molecule has 0 bridgehead atoms. The van der Waals surface area contributed by atoms with Crippen LogP contribution in [0.3, 0.4) is 0 Å². The minimum atomic E-state index is 0.103. The van der Waals surface area contributed by atoms with E-state index in [1.165, 1.54) is 0 Å². The Hall–Kier alpha value is -0.690. The van der Waals surface area contributed by atoms with Crippen LogP contribution in [-0.2, 0) is 4.74 Å². The van der Waals surface area contributed by atoms with Crippen molar-refractivity contribution in [3.8, 4) is 0 Å². The van der Waals surface area contributed by atoms with Crippen molar-refractivity contribution in [2.45, 2.75) is 25.8 Å². The Morgan fingerprint density at radius 3 is 2.89 bits per heavy atom. The molecule has 108 valence electrons. The maximum absolute atomic E-state index is 8.60. The molecule has 0 saturated carbocycles. The number of thiazole rings is 1. The number of aryl methyl sites for hydroxylation is 1. The molecular formula is C13H23N3O2S. The summed E-state index contributed by atoms with van der Waals surface area (Å²) in [7, 11) is 0. The number of hydrogen-bond acceptors (Lipinski definition) is 6. The van der Waals surface area contributed by atoms with Crippen LogP contribution >= 0.6 is 11.3 Å². The van der Waals surface area contributed by atoms with E-state index in [4.69, 9.17) is 9.84 Å². The summed E-state index contributed by atoms with van der Waals surface area (Å²) >= 11 is 1.73. The molecule has 1 aromatic heterocycles. The predicted molar refractivity (Wildman–Crippen MR) is 78.0 cm³/mol. The summed E-state index contributed by atoms with van der Waals surface area (Å²) < 4.78 is 5.24. The SMILES string of the molecule is Cc1csc(N2CCC(NCCOCCO)CC2)n1. The van der Waals surface area contributed by atoms with Crippen molar-refractivity contribution in [2.24, 2.45) is 0 Å². The molecule has 0 aliphatic carbocycles. The lowest BCUT2D eigenvalue weighted by atomic mass is 10.1. The summed E-state index contributed by atoms with van der Waals surface area (Å²) in [5, 5.41) is 15.4. The van der Waals surface area contributed by atoms with Gasteiger partial charge in [0.15, 0.2) is 5.13 Å². The van der Waals surface area contributed by atoms with Gasteiger partial charge in [0.25, 0.3) is 0 Å². The zero-order valence-electron chi connectivity index (χ0n) is 11.5. The monoisotopic (exact) mass is 285 g/mol. The van der Waals surface area contributed by atoms with E-state index in [-0.39, 0.29) is 6.61 Å². The Morgan fingerprint density at radius 2 is 2.26 bits per heavy atom. The fourth-order valence-electron chi connectivity index (χ4n) is 2.26. The van der Waals surface area contributed by atoms with E-state index in [1.54, 1.807) is 11.3 Å². The van der Waals surface area contributed by atoms with Crippen molar-refractivity contribution in [3.05, 3.63) is 11.1 Å². The van der Waals surface area contributed by atoms with Crippen LogP contribution in [0.4, 0.5) is 5.13 Å². The third-order valence-electron chi connectivity index (χ3n) is 3.29. The Bertz CT molecular complexity index is 365. The van der Waals surface area contributed by atoms with Gasteiger partial charge in [0, 0.05) is 31.1 Å². The summed E-state index contributed by atoms with van der Waals surface area (Å²) in [6, 6.07) is 0.579. The first kappa shape index (κ1) is 14.7. The van der Waals surface area contributed by atoms with Crippen LogP contribution in [0.25, 0.3) is 0 Å². The molecule has 0 aromatic carbocycles. The summed E-state index contributed by atoms with van der Waals surface area (Å²) in [5.74, 6) is 0. The molecule has 2 N–H and O–H groups in total. The second-order valence-electron chi connectivity index (χ2n) is 4.82. The summed E-state index contributed by atoms with van der Waals surface area (Å²) in [6.45, 7) is 6.26. The van der Waals surface area contributed by atoms with Crippen molar-refractivity contribution >= 4 is 16.5 Å². The molecule has 2 heterocycles. The fraction of sp³-hybridized carbons (Fsp3) is 0.769. The van der Waals surface area contributed by atoms with Crippen LogP contribution in [-0.4, -0.2) is 55.6 Å². The minimum absolute atomic E-state index is 0.103. The highest BCUT2D eigenvalue weighted by Gasteiger charge is 2.20. The van der Waals surface area contributed by atoms with Gasteiger partial charge in [0.05, 0.1) is 25.5 Å². The number of hydrogen-bond donors (Lipinski definition) is 2. The molecule has 1 saturated heterocycles. The van der Waals surface area contributed by atoms with Crippen LogP contribution in [0.15, 0.2) is 5.38 Å². The van der Waals surface area contributed by atoms with Gasteiger partial charge < -0.3 is 20.1 Å². The average Bonchev–Trinajstić information content (AvgIpc) is 2.86. The van der Waals surface area contributed by atoms with Gasteiger partial charge in [-0.3, -0.25) is 0 Å². The Balaban J connectivity index is 1.62. The average molecular weight is 285 g/mol. The Labute approximate surface area is 118 Å². The molecule has 6 heteroatoms. The highest BCUT2D eigenvalue weighted by atomic mass is 32.1. The van der Waals surface area contributed by atoms with E-state index in [2.05, 4.69) is 20.6 Å². The van der Waals surface area contributed by atoms with Gasteiger partial charge in [-0.05, 0) is 19.8 Å². The third-order valence-corrected chi connectivity index (χ3v) is 4.31. The molecule has 0 radical (unpaired) electrons. The van der Waals surface area contributed by atoms with Crippen LogP contribution in [0.5, 0.6) is 0 Å². The van der Waals surface area contributed by atoms with E-state index in [1.807, 2.05) is 6.92 Å². The lowest BCUT2D eigenvalue weighted by Crippen LogP contribution is -2.43. The number of anilines is 1. The van der Waals surface area contributed by atoms with Crippen LogP contribution < -0.4 is 10.2 Å². The Morgan fingerprint density at radius 1 is 1.47 bits per heavy atom. The van der Waals surface area contributed by atoms with Gasteiger partial charge in [0.2, 0.25) is 0 Å². The van der Waals surface area contributed by atoms with Crippen molar-refractivity contribution in [2.75, 3.05) is 44.4 Å². The number of nitrogens with one attached hydrogen (secondary N) is 1. The summed E-state index contributed by atoms with van der Waals surface area (Å²) in [6.07, 6.45) is 2.30. The maximum atomic E-state index is 8.60. The molecule has 1 aromatic rings. The van der Waals surface area contributed by atoms with Gasteiger partial charge >= 0.3 is 0 Å². The van der Waals surface area contributed by atoms with Gasteiger partial charge in [-0.2, -0.15) is 0 Å². The molecule has 0 atom stereocenters. The van der Waals surface area contributed by atoms with Crippen molar-refractivity contribution in [1.82, 2.24) is 10.3 Å². The molecule has 1 aliphatic heterocycles. The first-order valence-electron chi connectivity index (χ1n) is 6.88. The molecule has 2 rings (SSSR count). The quantitative estimate of drug-likeness (QED) is 0.733. The topological polar surface area (TPSA) is 57.6 Å².